The summed E-state index contributed by atoms with van der Waals surface area (Å²) in [5.74, 6) is 0.320. The highest BCUT2D eigenvalue weighted by atomic mass is 35.5. The summed E-state index contributed by atoms with van der Waals surface area (Å²) >= 11 is 23.3. The van der Waals surface area contributed by atoms with E-state index in [1.165, 1.54) is 48.6 Å². The second-order valence-corrected chi connectivity index (χ2v) is 12.0. The molecule has 4 N–H and O–H groups in total. The molecule has 0 atom stereocenters. The zero-order valence-corrected chi connectivity index (χ0v) is 24.1. The second kappa shape index (κ2) is 11.8. The summed E-state index contributed by atoms with van der Waals surface area (Å²) in [6.45, 7) is 0. The lowest BCUT2D eigenvalue weighted by Crippen LogP contribution is -2.04. The van der Waals surface area contributed by atoms with Gasteiger partial charge >= 0.3 is 0 Å². The lowest BCUT2D eigenvalue weighted by atomic mass is 10.1. The van der Waals surface area contributed by atoms with Crippen molar-refractivity contribution in [1.82, 2.24) is 19.9 Å². The first kappa shape index (κ1) is 29.9. The van der Waals surface area contributed by atoms with Gasteiger partial charge in [0, 0.05) is 23.5 Å². The Hall–Kier alpha value is -3.08. The molecule has 2 heterocycles. The Morgan fingerprint density at radius 3 is 1.30 bits per heavy atom. The summed E-state index contributed by atoms with van der Waals surface area (Å²) in [6, 6.07) is 10.5. The van der Waals surface area contributed by atoms with Gasteiger partial charge < -0.3 is 10.6 Å². The zero-order chi connectivity index (χ0) is 29.2. The Labute approximate surface area is 247 Å². The van der Waals surface area contributed by atoms with Crippen LogP contribution in [0.3, 0.4) is 0 Å². The van der Waals surface area contributed by atoms with Crippen molar-refractivity contribution in [3.05, 3.63) is 80.5 Å². The van der Waals surface area contributed by atoms with Gasteiger partial charge in [0.15, 0.2) is 0 Å². The van der Waals surface area contributed by atoms with Crippen molar-refractivity contribution >= 4 is 102 Å². The van der Waals surface area contributed by atoms with Gasteiger partial charge in [-0.05, 0) is 58.6 Å². The van der Waals surface area contributed by atoms with Crippen molar-refractivity contribution in [3.63, 3.8) is 0 Å². The van der Waals surface area contributed by atoms with E-state index < -0.39 is 30.0 Å². The van der Waals surface area contributed by atoms with Crippen LogP contribution in [-0.4, -0.2) is 45.9 Å². The Bertz CT molecular complexity index is 1700. The van der Waals surface area contributed by atoms with E-state index in [1.54, 1.807) is 0 Å². The predicted octanol–water partition coefficient (Wildman–Crippen LogP) is 6.03. The van der Waals surface area contributed by atoms with Crippen molar-refractivity contribution in [1.29, 1.82) is 0 Å². The van der Waals surface area contributed by atoms with Crippen molar-refractivity contribution in [2.24, 2.45) is 0 Å². The molecule has 0 spiro atoms. The molecule has 0 aliphatic heterocycles. The molecule has 0 saturated heterocycles. The Morgan fingerprint density at radius 1 is 0.600 bits per heavy atom. The number of hydrogen-bond donors (Lipinski definition) is 4. The minimum atomic E-state index is -4.74. The predicted molar refractivity (Wildman–Crippen MR) is 152 cm³/mol. The second-order valence-electron chi connectivity index (χ2n) is 7.73. The van der Waals surface area contributed by atoms with E-state index in [0.29, 0.717) is 0 Å². The Balaban J connectivity index is 1.69. The minimum absolute atomic E-state index is 0.000519. The molecule has 40 heavy (non-hydrogen) atoms. The highest BCUT2D eigenvalue weighted by Crippen LogP contribution is 2.29. The number of nitrogens with zero attached hydrogens (tertiary/aromatic N) is 4. The van der Waals surface area contributed by atoms with Gasteiger partial charge in [0.25, 0.3) is 20.2 Å². The average Bonchev–Trinajstić information content (AvgIpc) is 2.81. The maximum atomic E-state index is 12.1. The molecule has 2 aromatic carbocycles. The number of aromatic nitrogens is 4. The monoisotopic (exact) mass is 662 g/mol. The molecule has 18 heteroatoms. The van der Waals surface area contributed by atoms with Gasteiger partial charge in [0.2, 0.25) is 10.6 Å². The third kappa shape index (κ3) is 7.77. The Morgan fingerprint density at radius 2 is 0.975 bits per heavy atom. The lowest BCUT2D eigenvalue weighted by molar-refractivity contribution is 0.480. The van der Waals surface area contributed by atoms with Crippen LogP contribution < -0.4 is 10.6 Å². The van der Waals surface area contributed by atoms with Crippen molar-refractivity contribution < 1.29 is 25.9 Å². The number of benzene rings is 2. The van der Waals surface area contributed by atoms with Gasteiger partial charge in [0.05, 0.1) is 0 Å². The molecule has 0 fully saturated rings. The fourth-order valence-corrected chi connectivity index (χ4v) is 5.57. The summed E-state index contributed by atoms with van der Waals surface area (Å²) in [5.41, 5.74) is 0.408. The van der Waals surface area contributed by atoms with Crippen LogP contribution in [-0.2, 0) is 20.2 Å². The summed E-state index contributed by atoms with van der Waals surface area (Å²) in [4.78, 5) is 14.2. The topological polar surface area (TPSA) is 184 Å². The molecule has 0 bridgehead atoms. The summed E-state index contributed by atoms with van der Waals surface area (Å²) in [5, 5.41) is 5.38. The van der Waals surface area contributed by atoms with Gasteiger partial charge in [-0.3, -0.25) is 9.11 Å². The average molecular weight is 664 g/mol. The lowest BCUT2D eigenvalue weighted by Gasteiger charge is -2.11. The van der Waals surface area contributed by atoms with Crippen LogP contribution in [0.2, 0.25) is 20.9 Å². The van der Waals surface area contributed by atoms with E-state index in [4.69, 9.17) is 46.4 Å². The SMILES string of the molecule is O=S(=O)(O)c1cc(Nc2cc(Cl)nc(Cl)n2)ccc1/C=C/c1ccc(Nc2cc(Cl)nc(Cl)n2)cc1S(=O)(=O)O. The van der Waals surface area contributed by atoms with Crippen molar-refractivity contribution in [2.45, 2.75) is 9.79 Å². The third-order valence-electron chi connectivity index (χ3n) is 4.91. The first-order chi connectivity index (χ1) is 18.7. The molecular formula is C22H14Cl4N6O6S2. The largest absolute Gasteiger partial charge is 0.340 e. The summed E-state index contributed by atoms with van der Waals surface area (Å²) in [7, 11) is -9.49. The number of anilines is 4. The van der Waals surface area contributed by atoms with E-state index >= 15 is 0 Å². The van der Waals surface area contributed by atoms with Crippen LogP contribution in [0.4, 0.5) is 23.0 Å². The number of halogens is 4. The first-order valence-corrected chi connectivity index (χ1v) is 14.9. The molecule has 0 aliphatic carbocycles. The fourth-order valence-electron chi connectivity index (χ4n) is 3.33. The molecule has 0 saturated carbocycles. The molecule has 0 amide bonds. The van der Waals surface area contributed by atoms with Crippen LogP contribution >= 0.6 is 46.4 Å². The number of hydrogen-bond acceptors (Lipinski definition) is 10. The van der Waals surface area contributed by atoms with Crippen LogP contribution in [0.15, 0.2) is 58.3 Å². The minimum Gasteiger partial charge on any atom is -0.340 e. The van der Waals surface area contributed by atoms with E-state index in [2.05, 4.69) is 30.6 Å². The van der Waals surface area contributed by atoms with Crippen LogP contribution in [0.1, 0.15) is 11.1 Å². The smallest absolute Gasteiger partial charge is 0.295 e. The molecule has 4 aromatic rings. The van der Waals surface area contributed by atoms with E-state index in [9.17, 15) is 25.9 Å². The molecular weight excluding hydrogens is 650 g/mol. The molecule has 12 nitrogen and oxygen atoms in total. The maximum Gasteiger partial charge on any atom is 0.295 e. The highest BCUT2D eigenvalue weighted by molar-refractivity contribution is 7.86. The highest BCUT2D eigenvalue weighted by Gasteiger charge is 2.18. The third-order valence-corrected chi connectivity index (χ3v) is 7.45. The molecule has 0 aliphatic rings. The first-order valence-electron chi connectivity index (χ1n) is 10.5. The van der Waals surface area contributed by atoms with E-state index in [1.807, 2.05) is 0 Å². The van der Waals surface area contributed by atoms with E-state index in [-0.39, 0.29) is 55.0 Å². The molecule has 208 valence electrons. The fraction of sp³-hybridized carbons (Fsp3) is 0. The van der Waals surface area contributed by atoms with Gasteiger partial charge in [-0.15, -0.1) is 0 Å². The molecule has 0 unspecified atom stereocenters. The molecule has 0 radical (unpaired) electrons. The van der Waals surface area contributed by atoms with Crippen LogP contribution in [0.25, 0.3) is 12.2 Å². The molecule has 4 rings (SSSR count). The van der Waals surface area contributed by atoms with Gasteiger partial charge in [-0.2, -0.15) is 16.8 Å². The maximum absolute atomic E-state index is 12.1. The quantitative estimate of drug-likeness (QED) is 0.0743. The Kier molecular flexibility index (Phi) is 8.82. The zero-order valence-electron chi connectivity index (χ0n) is 19.4. The number of rotatable bonds is 8. The normalized spacial score (nSPS) is 12.1. The number of nitrogens with one attached hydrogen (secondary N) is 2. The summed E-state index contributed by atoms with van der Waals surface area (Å²) < 4.78 is 68.1. The van der Waals surface area contributed by atoms with Gasteiger partial charge in [-0.1, -0.05) is 47.5 Å². The van der Waals surface area contributed by atoms with Gasteiger partial charge in [0.1, 0.15) is 31.7 Å². The van der Waals surface area contributed by atoms with Crippen molar-refractivity contribution in [2.75, 3.05) is 10.6 Å². The standard InChI is InChI=1S/C22H14Cl4N6O6S2/c23-17-9-19(31-21(25)29-17)27-13-5-3-11(15(7-13)39(33,34)35)1-2-12-4-6-14(8-16(12)40(36,37)38)28-20-10-18(24)30-22(26)32-20/h1-10H,(H,27,29,31)(H,28,30,32)(H,33,34,35)(H,36,37,38)/b2-1+. The molecule has 2 aromatic heterocycles. The van der Waals surface area contributed by atoms with Gasteiger partial charge in [-0.25, -0.2) is 19.9 Å². The van der Waals surface area contributed by atoms with Crippen LogP contribution in [0, 0.1) is 0 Å². The van der Waals surface area contributed by atoms with Crippen molar-refractivity contribution in [3.8, 4) is 0 Å². The van der Waals surface area contributed by atoms with Crippen LogP contribution in [0.5, 0.6) is 0 Å². The van der Waals surface area contributed by atoms with E-state index in [0.717, 1.165) is 12.1 Å². The summed E-state index contributed by atoms with van der Waals surface area (Å²) in [6.07, 6.45) is 2.48.